The van der Waals surface area contributed by atoms with Crippen molar-refractivity contribution in [2.45, 2.75) is 20.4 Å². The molecule has 4 rings (SSSR count). The summed E-state index contributed by atoms with van der Waals surface area (Å²) in [6.45, 7) is 4.30. The molecule has 142 valence electrons. The van der Waals surface area contributed by atoms with Crippen LogP contribution in [0.2, 0.25) is 5.02 Å². The third-order valence-corrected chi connectivity index (χ3v) is 5.97. The number of hydrogen-bond acceptors (Lipinski definition) is 6. The zero-order valence-electron chi connectivity index (χ0n) is 14.6. The van der Waals surface area contributed by atoms with Crippen LogP contribution in [-0.2, 0) is 6.54 Å². The molecule has 3 heterocycles. The Kier molecular flexibility index (Phi) is 5.37. The molecule has 0 saturated carbocycles. The van der Waals surface area contributed by atoms with Crippen LogP contribution in [0.3, 0.4) is 0 Å². The highest BCUT2D eigenvalue weighted by Gasteiger charge is 2.21. The van der Waals surface area contributed by atoms with Crippen molar-refractivity contribution in [3.8, 4) is 11.5 Å². The Morgan fingerprint density at radius 2 is 2.07 bits per heavy atom. The number of nitrogens with zero attached hydrogens (tertiary/aromatic N) is 1. The maximum absolute atomic E-state index is 12.6. The number of aryl methyl sites for hydroxylation is 2. The molecule has 0 radical (unpaired) electrons. The number of carbonyl (C=O) groups is 1. The molecular weight excluding hydrogens is 409 g/mol. The first-order valence-corrected chi connectivity index (χ1v) is 9.16. The van der Waals surface area contributed by atoms with Gasteiger partial charge in [-0.2, -0.15) is 0 Å². The highest BCUT2D eigenvalue weighted by atomic mass is 35.5. The SMILES string of the molecule is Cc1nc2sc(C(=O)NCc3ccc4c(c3)OCO4)c(N)c2c(C)c1Cl.Cl. The van der Waals surface area contributed by atoms with Crippen LogP contribution in [0, 0.1) is 13.8 Å². The van der Waals surface area contributed by atoms with Crippen LogP contribution in [0.5, 0.6) is 11.5 Å². The minimum absolute atomic E-state index is 0. The lowest BCUT2D eigenvalue weighted by Gasteiger charge is -2.06. The van der Waals surface area contributed by atoms with Crippen LogP contribution in [-0.4, -0.2) is 17.7 Å². The Labute approximate surface area is 171 Å². The second-order valence-electron chi connectivity index (χ2n) is 6.03. The van der Waals surface area contributed by atoms with Gasteiger partial charge in [-0.25, -0.2) is 4.98 Å². The molecule has 0 unspecified atom stereocenters. The predicted octanol–water partition coefficient (Wildman–Crippen LogP) is 4.23. The van der Waals surface area contributed by atoms with Gasteiger partial charge < -0.3 is 20.5 Å². The summed E-state index contributed by atoms with van der Waals surface area (Å²) in [5.41, 5.74) is 9.12. The van der Waals surface area contributed by atoms with E-state index in [1.165, 1.54) is 11.3 Å². The van der Waals surface area contributed by atoms with E-state index in [0.717, 1.165) is 27.0 Å². The molecule has 0 atom stereocenters. The first-order valence-electron chi connectivity index (χ1n) is 7.97. The van der Waals surface area contributed by atoms with E-state index in [1.54, 1.807) is 0 Å². The monoisotopic (exact) mass is 425 g/mol. The molecule has 0 bridgehead atoms. The number of hydrogen-bond donors (Lipinski definition) is 2. The van der Waals surface area contributed by atoms with E-state index in [2.05, 4.69) is 10.3 Å². The van der Waals surface area contributed by atoms with E-state index >= 15 is 0 Å². The molecule has 3 N–H and O–H groups in total. The molecule has 1 aliphatic heterocycles. The molecule has 9 heteroatoms. The number of nitrogens with one attached hydrogen (secondary N) is 1. The number of benzene rings is 1. The maximum atomic E-state index is 12.6. The van der Waals surface area contributed by atoms with Crippen LogP contribution >= 0.6 is 35.3 Å². The lowest BCUT2D eigenvalue weighted by molar-refractivity contribution is 0.0955. The quantitative estimate of drug-likeness (QED) is 0.655. The van der Waals surface area contributed by atoms with Crippen molar-refractivity contribution in [3.05, 3.63) is 44.9 Å². The standard InChI is InChI=1S/C18H16ClN3O3S.ClH/c1-8-13-15(20)16(26-18(13)22-9(2)14(8)19)17(23)21-6-10-3-4-11-12(5-10)25-7-24-11;/h3-5H,6-7,20H2,1-2H3,(H,21,23);1H. The van der Waals surface area contributed by atoms with Gasteiger partial charge in [0.25, 0.3) is 5.91 Å². The van der Waals surface area contributed by atoms with Gasteiger partial charge in [0.2, 0.25) is 6.79 Å². The minimum Gasteiger partial charge on any atom is -0.454 e. The second-order valence-corrected chi connectivity index (χ2v) is 7.41. The second kappa shape index (κ2) is 7.42. The molecule has 3 aromatic rings. The molecule has 0 fully saturated rings. The molecule has 6 nitrogen and oxygen atoms in total. The normalized spacial score (nSPS) is 12.1. The van der Waals surface area contributed by atoms with Crippen molar-refractivity contribution in [1.82, 2.24) is 10.3 Å². The summed E-state index contributed by atoms with van der Waals surface area (Å²) < 4.78 is 10.6. The van der Waals surface area contributed by atoms with Crippen molar-refractivity contribution < 1.29 is 14.3 Å². The van der Waals surface area contributed by atoms with E-state index in [1.807, 2.05) is 32.0 Å². The van der Waals surface area contributed by atoms with Gasteiger partial charge in [0.1, 0.15) is 9.71 Å². The third-order valence-electron chi connectivity index (χ3n) is 4.31. The fraction of sp³-hybridized carbons (Fsp3) is 0.222. The number of pyridine rings is 1. The number of carbonyl (C=O) groups excluding carboxylic acids is 1. The zero-order valence-corrected chi connectivity index (χ0v) is 17.0. The molecule has 27 heavy (non-hydrogen) atoms. The topological polar surface area (TPSA) is 86.5 Å². The largest absolute Gasteiger partial charge is 0.454 e. The van der Waals surface area contributed by atoms with Gasteiger partial charge >= 0.3 is 0 Å². The van der Waals surface area contributed by atoms with Crippen LogP contribution in [0.15, 0.2) is 18.2 Å². The third kappa shape index (κ3) is 3.38. The molecule has 2 aromatic heterocycles. The number of ether oxygens (including phenoxy) is 2. The summed E-state index contributed by atoms with van der Waals surface area (Å²) in [6, 6.07) is 5.57. The van der Waals surface area contributed by atoms with Gasteiger partial charge in [0.15, 0.2) is 11.5 Å². The van der Waals surface area contributed by atoms with E-state index in [-0.39, 0.29) is 25.1 Å². The zero-order chi connectivity index (χ0) is 18.4. The van der Waals surface area contributed by atoms with Gasteiger partial charge in [0.05, 0.1) is 16.4 Å². The number of aromatic nitrogens is 1. The predicted molar refractivity (Wildman–Crippen MR) is 109 cm³/mol. The summed E-state index contributed by atoms with van der Waals surface area (Å²) in [5.74, 6) is 1.15. The van der Waals surface area contributed by atoms with Gasteiger partial charge in [-0.3, -0.25) is 4.79 Å². The van der Waals surface area contributed by atoms with Gasteiger partial charge in [-0.15, -0.1) is 23.7 Å². The number of fused-ring (bicyclic) bond motifs is 2. The Bertz CT molecular complexity index is 1050. The lowest BCUT2D eigenvalue weighted by atomic mass is 10.1. The summed E-state index contributed by atoms with van der Waals surface area (Å²) in [5, 5.41) is 4.22. The van der Waals surface area contributed by atoms with Crippen molar-refractivity contribution in [2.24, 2.45) is 0 Å². The summed E-state index contributed by atoms with van der Waals surface area (Å²) >= 11 is 7.54. The van der Waals surface area contributed by atoms with Crippen molar-refractivity contribution in [1.29, 1.82) is 0 Å². The number of halogens is 2. The van der Waals surface area contributed by atoms with Gasteiger partial charge in [-0.1, -0.05) is 17.7 Å². The highest BCUT2D eigenvalue weighted by molar-refractivity contribution is 7.21. The molecule has 1 aliphatic rings. The Morgan fingerprint density at radius 1 is 1.33 bits per heavy atom. The van der Waals surface area contributed by atoms with Crippen LogP contribution < -0.4 is 20.5 Å². The maximum Gasteiger partial charge on any atom is 0.263 e. The number of anilines is 1. The van der Waals surface area contributed by atoms with Crippen molar-refractivity contribution in [3.63, 3.8) is 0 Å². The van der Waals surface area contributed by atoms with Crippen LogP contribution in [0.4, 0.5) is 5.69 Å². The molecular formula is C18H17Cl2N3O3S. The van der Waals surface area contributed by atoms with E-state index in [4.69, 9.17) is 26.8 Å². The fourth-order valence-electron chi connectivity index (χ4n) is 2.94. The van der Waals surface area contributed by atoms with E-state index in [0.29, 0.717) is 33.6 Å². The molecule has 0 aliphatic carbocycles. The number of rotatable bonds is 3. The van der Waals surface area contributed by atoms with Gasteiger partial charge in [0, 0.05) is 11.9 Å². The Hall–Kier alpha value is -2.22. The molecule has 0 spiro atoms. The van der Waals surface area contributed by atoms with E-state index < -0.39 is 0 Å². The fourth-order valence-corrected chi connectivity index (χ4v) is 4.19. The number of nitrogens with two attached hydrogens (primary N) is 1. The number of thiophene rings is 1. The summed E-state index contributed by atoms with van der Waals surface area (Å²) in [6.07, 6.45) is 0. The van der Waals surface area contributed by atoms with E-state index in [9.17, 15) is 4.79 Å². The first-order chi connectivity index (χ1) is 12.5. The molecule has 0 saturated heterocycles. The average molecular weight is 426 g/mol. The van der Waals surface area contributed by atoms with Crippen LogP contribution in [0.1, 0.15) is 26.5 Å². The van der Waals surface area contributed by atoms with Gasteiger partial charge in [-0.05, 0) is 37.1 Å². The Morgan fingerprint density at radius 3 is 2.85 bits per heavy atom. The average Bonchev–Trinajstić information content (AvgIpc) is 3.21. The summed E-state index contributed by atoms with van der Waals surface area (Å²) in [4.78, 5) is 18.2. The number of amides is 1. The number of nitrogen functional groups attached to an aromatic ring is 1. The smallest absolute Gasteiger partial charge is 0.263 e. The lowest BCUT2D eigenvalue weighted by Crippen LogP contribution is -2.22. The minimum atomic E-state index is -0.239. The molecule has 1 aromatic carbocycles. The van der Waals surface area contributed by atoms with Crippen molar-refractivity contribution >= 4 is 57.2 Å². The first kappa shape index (κ1) is 19.5. The Balaban J connectivity index is 0.00000210. The molecule has 1 amide bonds. The summed E-state index contributed by atoms with van der Waals surface area (Å²) in [7, 11) is 0. The highest BCUT2D eigenvalue weighted by Crippen LogP contribution is 2.38. The van der Waals surface area contributed by atoms with Crippen molar-refractivity contribution in [2.75, 3.05) is 12.5 Å². The van der Waals surface area contributed by atoms with Crippen LogP contribution in [0.25, 0.3) is 10.2 Å².